The third-order valence-corrected chi connectivity index (χ3v) is 3.01. The van der Waals surface area contributed by atoms with Gasteiger partial charge in [0.1, 0.15) is 0 Å². The zero-order chi connectivity index (χ0) is 9.26. The largest absolute Gasteiger partial charge is 0.481 e. The van der Waals surface area contributed by atoms with E-state index in [-0.39, 0.29) is 5.69 Å². The fraction of sp³-hybridized carbons (Fsp3) is 0.500. The molecule has 1 aromatic heterocycles. The Kier molecular flexibility index (Phi) is 2.26. The summed E-state index contributed by atoms with van der Waals surface area (Å²) in [4.78, 5) is 17.6. The second kappa shape index (κ2) is 3.41. The zero-order valence-corrected chi connectivity index (χ0v) is 8.11. The number of fused-ring (bicyclic) bond motifs is 1. The topological polar surface area (TPSA) is 55.0 Å². The van der Waals surface area contributed by atoms with E-state index in [2.05, 4.69) is 9.97 Å². The van der Waals surface area contributed by atoms with E-state index < -0.39 is 0 Å². The molecule has 13 heavy (non-hydrogen) atoms. The Balaban J connectivity index is 2.57. The van der Waals surface area contributed by atoms with E-state index in [1.807, 2.05) is 11.8 Å². The van der Waals surface area contributed by atoms with E-state index in [9.17, 15) is 4.79 Å². The molecule has 0 bridgehead atoms. The fourth-order valence-electron chi connectivity index (χ4n) is 1.40. The second-order valence-electron chi connectivity index (χ2n) is 2.81. The quantitative estimate of drug-likeness (QED) is 0.716. The SMILES string of the molecule is COc1nc(=O)[nH]c2c1CSCC2. The van der Waals surface area contributed by atoms with Crippen LogP contribution in [0, 0.1) is 0 Å². The molecule has 0 radical (unpaired) electrons. The van der Waals surface area contributed by atoms with Crippen molar-refractivity contribution < 1.29 is 4.74 Å². The summed E-state index contributed by atoms with van der Waals surface area (Å²) in [5, 5.41) is 0. The average Bonchev–Trinajstić information content (AvgIpc) is 2.16. The van der Waals surface area contributed by atoms with Crippen molar-refractivity contribution in [1.29, 1.82) is 0 Å². The number of hydrogen-bond acceptors (Lipinski definition) is 4. The van der Waals surface area contributed by atoms with E-state index in [1.54, 1.807) is 7.11 Å². The molecule has 2 heterocycles. The molecule has 0 spiro atoms. The maximum Gasteiger partial charge on any atom is 0.348 e. The molecule has 5 heteroatoms. The number of rotatable bonds is 1. The lowest BCUT2D eigenvalue weighted by molar-refractivity contribution is 0.390. The van der Waals surface area contributed by atoms with Gasteiger partial charge in [0.15, 0.2) is 0 Å². The van der Waals surface area contributed by atoms with Gasteiger partial charge in [0.05, 0.1) is 7.11 Å². The summed E-state index contributed by atoms with van der Waals surface area (Å²) >= 11 is 1.83. The predicted octanol–water partition coefficient (Wildman–Crippen LogP) is 0.568. The van der Waals surface area contributed by atoms with Crippen LogP contribution in [0.3, 0.4) is 0 Å². The van der Waals surface area contributed by atoms with E-state index in [0.717, 1.165) is 29.2 Å². The lowest BCUT2D eigenvalue weighted by Gasteiger charge is -2.15. The number of nitrogens with zero attached hydrogens (tertiary/aromatic N) is 1. The number of aromatic amines is 1. The molecule has 4 nitrogen and oxygen atoms in total. The number of thioether (sulfide) groups is 1. The van der Waals surface area contributed by atoms with E-state index in [1.165, 1.54) is 0 Å². The molecule has 0 atom stereocenters. The van der Waals surface area contributed by atoms with Gasteiger partial charge in [0.25, 0.3) is 0 Å². The molecule has 1 aliphatic rings. The molecular formula is C8H10N2O2S. The first-order chi connectivity index (χ1) is 6.31. The summed E-state index contributed by atoms with van der Waals surface area (Å²) in [7, 11) is 1.54. The van der Waals surface area contributed by atoms with Crippen LogP contribution in [0.2, 0.25) is 0 Å². The minimum atomic E-state index is -0.317. The minimum Gasteiger partial charge on any atom is -0.481 e. The lowest BCUT2D eigenvalue weighted by atomic mass is 10.2. The Morgan fingerprint density at radius 3 is 3.23 bits per heavy atom. The van der Waals surface area contributed by atoms with E-state index in [4.69, 9.17) is 4.74 Å². The van der Waals surface area contributed by atoms with E-state index >= 15 is 0 Å². The van der Waals surface area contributed by atoms with Crippen LogP contribution in [0.4, 0.5) is 0 Å². The lowest BCUT2D eigenvalue weighted by Crippen LogP contribution is -2.19. The van der Waals surface area contributed by atoms with Gasteiger partial charge in [-0.2, -0.15) is 16.7 Å². The predicted molar refractivity (Wildman–Crippen MR) is 51.3 cm³/mol. The highest BCUT2D eigenvalue weighted by molar-refractivity contribution is 7.98. The first-order valence-corrected chi connectivity index (χ1v) is 5.20. The van der Waals surface area contributed by atoms with Gasteiger partial charge in [0.2, 0.25) is 5.88 Å². The van der Waals surface area contributed by atoms with Crippen LogP contribution in [0.25, 0.3) is 0 Å². The number of H-pyrrole nitrogens is 1. The standard InChI is InChI=1S/C8H10N2O2S/c1-12-7-5-4-13-3-2-6(5)9-8(11)10-7/h2-4H2,1H3,(H,9,10,11). The maximum atomic E-state index is 11.1. The summed E-state index contributed by atoms with van der Waals surface area (Å²) in [5.74, 6) is 2.41. The second-order valence-corrected chi connectivity index (χ2v) is 3.92. The van der Waals surface area contributed by atoms with Crippen molar-refractivity contribution in [1.82, 2.24) is 9.97 Å². The maximum absolute atomic E-state index is 11.1. The van der Waals surface area contributed by atoms with Gasteiger partial charge in [0, 0.05) is 17.0 Å². The van der Waals surface area contributed by atoms with Gasteiger partial charge in [-0.25, -0.2) is 4.79 Å². The third-order valence-electron chi connectivity index (χ3n) is 2.02. The number of ether oxygens (including phenoxy) is 1. The molecule has 0 aromatic carbocycles. The first kappa shape index (κ1) is 8.62. The molecule has 1 aromatic rings. The van der Waals surface area contributed by atoms with Crippen molar-refractivity contribution >= 4 is 11.8 Å². The summed E-state index contributed by atoms with van der Waals surface area (Å²) in [6, 6.07) is 0. The molecule has 1 aliphatic heterocycles. The summed E-state index contributed by atoms with van der Waals surface area (Å²) in [5.41, 5.74) is 1.71. The van der Waals surface area contributed by atoms with Crippen LogP contribution < -0.4 is 10.4 Å². The Labute approximate surface area is 79.7 Å². The number of hydrogen-bond donors (Lipinski definition) is 1. The minimum absolute atomic E-state index is 0.317. The third kappa shape index (κ3) is 1.56. The smallest absolute Gasteiger partial charge is 0.348 e. The van der Waals surface area contributed by atoms with Gasteiger partial charge < -0.3 is 9.72 Å². The van der Waals surface area contributed by atoms with Crippen LogP contribution in [-0.4, -0.2) is 22.8 Å². The highest BCUT2D eigenvalue weighted by atomic mass is 32.2. The fourth-order valence-corrected chi connectivity index (χ4v) is 2.40. The van der Waals surface area contributed by atoms with Crippen molar-refractivity contribution in [2.45, 2.75) is 12.2 Å². The molecular weight excluding hydrogens is 188 g/mol. The highest BCUT2D eigenvalue weighted by Crippen LogP contribution is 2.27. The van der Waals surface area contributed by atoms with Crippen molar-refractivity contribution in [3.63, 3.8) is 0 Å². The van der Waals surface area contributed by atoms with Crippen molar-refractivity contribution in [2.75, 3.05) is 12.9 Å². The van der Waals surface area contributed by atoms with Crippen molar-refractivity contribution in [3.05, 3.63) is 21.7 Å². The van der Waals surface area contributed by atoms with Crippen LogP contribution in [0.15, 0.2) is 4.79 Å². The van der Waals surface area contributed by atoms with Crippen LogP contribution in [-0.2, 0) is 12.2 Å². The van der Waals surface area contributed by atoms with Crippen molar-refractivity contribution in [2.24, 2.45) is 0 Å². The molecule has 0 saturated carbocycles. The molecule has 1 N–H and O–H groups in total. The van der Waals surface area contributed by atoms with Gasteiger partial charge in [-0.15, -0.1) is 0 Å². The zero-order valence-electron chi connectivity index (χ0n) is 7.29. The number of aromatic nitrogens is 2. The monoisotopic (exact) mass is 198 g/mol. The molecule has 0 unspecified atom stereocenters. The first-order valence-electron chi connectivity index (χ1n) is 4.05. The normalized spacial score (nSPS) is 15.2. The highest BCUT2D eigenvalue weighted by Gasteiger charge is 2.16. The van der Waals surface area contributed by atoms with Gasteiger partial charge in [-0.1, -0.05) is 0 Å². The van der Waals surface area contributed by atoms with Gasteiger partial charge in [-0.05, 0) is 12.2 Å². The number of nitrogens with one attached hydrogen (secondary N) is 1. The summed E-state index contributed by atoms with van der Waals surface area (Å²) in [6.45, 7) is 0. The number of aryl methyl sites for hydroxylation is 1. The van der Waals surface area contributed by atoms with Crippen molar-refractivity contribution in [3.8, 4) is 5.88 Å². The Morgan fingerprint density at radius 1 is 1.62 bits per heavy atom. The molecule has 0 aliphatic carbocycles. The van der Waals surface area contributed by atoms with Gasteiger partial charge in [-0.3, -0.25) is 0 Å². The Morgan fingerprint density at radius 2 is 2.46 bits per heavy atom. The average molecular weight is 198 g/mol. The Hall–Kier alpha value is -0.970. The Bertz CT molecular complexity index is 355. The summed E-state index contributed by atoms with van der Waals surface area (Å²) < 4.78 is 5.05. The molecule has 70 valence electrons. The van der Waals surface area contributed by atoms with E-state index in [0.29, 0.717) is 5.88 Å². The van der Waals surface area contributed by atoms with Crippen LogP contribution in [0.1, 0.15) is 11.3 Å². The molecule has 0 amide bonds. The molecule has 0 saturated heterocycles. The van der Waals surface area contributed by atoms with Crippen LogP contribution in [0.5, 0.6) is 5.88 Å². The number of methoxy groups -OCH3 is 1. The van der Waals surface area contributed by atoms with Crippen LogP contribution >= 0.6 is 11.8 Å². The molecule has 0 fully saturated rings. The summed E-state index contributed by atoms with van der Waals surface area (Å²) in [6.07, 6.45) is 0.897. The molecule has 2 rings (SSSR count). The van der Waals surface area contributed by atoms with Gasteiger partial charge >= 0.3 is 5.69 Å².